The third-order valence-corrected chi connectivity index (χ3v) is 6.49. The maximum absolute atomic E-state index is 13.7. The van der Waals surface area contributed by atoms with Crippen LogP contribution in [0.25, 0.3) is 0 Å². The van der Waals surface area contributed by atoms with Crippen LogP contribution in [0.2, 0.25) is 0 Å². The van der Waals surface area contributed by atoms with E-state index in [0.29, 0.717) is 25.2 Å². The molecule has 0 spiro atoms. The fourth-order valence-corrected chi connectivity index (χ4v) is 4.28. The van der Waals surface area contributed by atoms with Gasteiger partial charge in [0.05, 0.1) is 12.5 Å². The third kappa shape index (κ3) is 10.3. The highest BCUT2D eigenvalue weighted by Gasteiger charge is 2.28. The van der Waals surface area contributed by atoms with Crippen molar-refractivity contribution in [2.45, 2.75) is 57.8 Å². The monoisotopic (exact) mass is 575 g/mol. The number of hydrogen-bond donors (Lipinski definition) is 4. The Labute approximate surface area is 245 Å². The molecule has 0 unspecified atom stereocenters. The van der Waals surface area contributed by atoms with Gasteiger partial charge in [0.1, 0.15) is 5.75 Å². The van der Waals surface area contributed by atoms with E-state index in [-0.39, 0.29) is 24.1 Å². The van der Waals surface area contributed by atoms with Crippen LogP contribution in [0.4, 0.5) is 4.79 Å². The number of carboxylic acids is 2. The summed E-state index contributed by atoms with van der Waals surface area (Å²) in [5.74, 6) is -3.47. The predicted octanol–water partition coefficient (Wildman–Crippen LogP) is 4.75. The van der Waals surface area contributed by atoms with Gasteiger partial charge in [-0.3, -0.25) is 4.79 Å². The zero-order valence-electron chi connectivity index (χ0n) is 23.6. The number of carbonyl (C=O) groups is 4. The molecule has 3 aromatic carbocycles. The number of unbranched alkanes of at least 4 members (excludes halogenated alkanes) is 2. The quantitative estimate of drug-likeness (QED) is 0.142. The number of nitrogens with zero attached hydrogens (tertiary/aromatic N) is 1. The molecule has 0 bridgehead atoms. The molecule has 0 radical (unpaired) electrons. The van der Waals surface area contributed by atoms with Crippen molar-refractivity contribution in [1.82, 2.24) is 15.5 Å². The van der Waals surface area contributed by atoms with Gasteiger partial charge in [-0.1, -0.05) is 92.6 Å². The Kier molecular flexibility index (Phi) is 12.4. The molecule has 0 aliphatic heterocycles. The second-order valence-electron chi connectivity index (χ2n) is 9.83. The van der Waals surface area contributed by atoms with E-state index in [1.807, 2.05) is 60.7 Å². The SMILES string of the molecule is CCCCCNC(=O)C[C@H](NC(=O)N(Cc1ccccc1)Cc1ccccc1)c1ccc(OC(C(=O)O)C(=O)O)cc1. The molecule has 0 aliphatic rings. The van der Waals surface area contributed by atoms with E-state index in [9.17, 15) is 19.2 Å². The molecule has 3 amide bonds. The van der Waals surface area contributed by atoms with E-state index in [1.165, 1.54) is 12.1 Å². The largest absolute Gasteiger partial charge is 0.478 e. The minimum Gasteiger partial charge on any atom is -0.478 e. The lowest BCUT2D eigenvalue weighted by molar-refractivity contribution is -0.159. The summed E-state index contributed by atoms with van der Waals surface area (Å²) in [6, 6.07) is 24.1. The third-order valence-electron chi connectivity index (χ3n) is 6.49. The molecule has 0 aromatic heterocycles. The van der Waals surface area contributed by atoms with Crippen LogP contribution >= 0.6 is 0 Å². The van der Waals surface area contributed by atoms with Gasteiger partial charge in [0.15, 0.2) is 0 Å². The summed E-state index contributed by atoms with van der Waals surface area (Å²) in [4.78, 5) is 50.7. The highest BCUT2D eigenvalue weighted by Crippen LogP contribution is 2.23. The van der Waals surface area contributed by atoms with E-state index < -0.39 is 24.1 Å². The van der Waals surface area contributed by atoms with Crippen molar-refractivity contribution in [3.05, 3.63) is 102 Å². The van der Waals surface area contributed by atoms with Crippen molar-refractivity contribution in [3.63, 3.8) is 0 Å². The van der Waals surface area contributed by atoms with Gasteiger partial charge in [-0.2, -0.15) is 0 Å². The van der Waals surface area contributed by atoms with Crippen LogP contribution in [0, 0.1) is 0 Å². The number of aliphatic carboxylic acids is 2. The molecule has 10 nitrogen and oxygen atoms in total. The van der Waals surface area contributed by atoms with Crippen molar-refractivity contribution in [1.29, 1.82) is 0 Å². The number of ether oxygens (including phenoxy) is 1. The average molecular weight is 576 g/mol. The molecular weight excluding hydrogens is 538 g/mol. The molecule has 42 heavy (non-hydrogen) atoms. The van der Waals surface area contributed by atoms with E-state index >= 15 is 0 Å². The lowest BCUT2D eigenvalue weighted by Crippen LogP contribution is -2.42. The van der Waals surface area contributed by atoms with Crippen molar-refractivity contribution in [2.24, 2.45) is 0 Å². The van der Waals surface area contributed by atoms with Gasteiger partial charge >= 0.3 is 18.0 Å². The van der Waals surface area contributed by atoms with Crippen LogP contribution in [0.3, 0.4) is 0 Å². The van der Waals surface area contributed by atoms with Crippen LogP contribution in [0.5, 0.6) is 5.75 Å². The first-order valence-electron chi connectivity index (χ1n) is 13.9. The predicted molar refractivity (Wildman–Crippen MR) is 157 cm³/mol. The molecule has 0 aliphatic carbocycles. The first-order valence-corrected chi connectivity index (χ1v) is 13.9. The fourth-order valence-electron chi connectivity index (χ4n) is 4.28. The second kappa shape index (κ2) is 16.4. The van der Waals surface area contributed by atoms with Crippen molar-refractivity contribution >= 4 is 23.9 Å². The standard InChI is InChI=1S/C32H37N3O7/c1-2-3-10-19-33-28(36)20-27(25-15-17-26(18-16-25)42-29(30(37)38)31(39)40)34-32(41)35(21-23-11-6-4-7-12-23)22-24-13-8-5-9-14-24/h4-9,11-18,27,29H,2-3,10,19-22H2,1H3,(H,33,36)(H,34,41)(H,37,38)(H,39,40)/t27-/m0/s1. The minimum atomic E-state index is -2.07. The molecule has 222 valence electrons. The average Bonchev–Trinajstić information content (AvgIpc) is 2.98. The summed E-state index contributed by atoms with van der Waals surface area (Å²) in [6.45, 7) is 3.29. The van der Waals surface area contributed by atoms with Gasteiger partial charge in [0, 0.05) is 19.6 Å². The number of carboxylic acid groups (broad SMARTS) is 2. The Morgan fingerprint density at radius 1 is 0.786 bits per heavy atom. The van der Waals surface area contributed by atoms with Crippen LogP contribution in [-0.4, -0.2) is 51.6 Å². The van der Waals surface area contributed by atoms with E-state index in [4.69, 9.17) is 14.9 Å². The normalized spacial score (nSPS) is 11.4. The van der Waals surface area contributed by atoms with Crippen molar-refractivity contribution < 1.29 is 34.1 Å². The number of carbonyl (C=O) groups excluding carboxylic acids is 2. The Balaban J connectivity index is 1.82. The van der Waals surface area contributed by atoms with Gasteiger partial charge in [0.2, 0.25) is 5.91 Å². The molecule has 1 atom stereocenters. The van der Waals surface area contributed by atoms with Gasteiger partial charge in [-0.05, 0) is 35.2 Å². The molecule has 4 N–H and O–H groups in total. The van der Waals surface area contributed by atoms with Gasteiger partial charge in [0.25, 0.3) is 6.10 Å². The summed E-state index contributed by atoms with van der Waals surface area (Å²) < 4.78 is 5.11. The first-order chi connectivity index (χ1) is 20.3. The molecule has 0 saturated carbocycles. The summed E-state index contributed by atoms with van der Waals surface area (Å²) >= 11 is 0. The van der Waals surface area contributed by atoms with E-state index in [1.54, 1.807) is 17.0 Å². The number of urea groups is 1. The highest BCUT2D eigenvalue weighted by molar-refractivity contribution is 5.96. The van der Waals surface area contributed by atoms with Crippen molar-refractivity contribution in [3.8, 4) is 5.75 Å². The van der Waals surface area contributed by atoms with Crippen LogP contribution in [0.1, 0.15) is 55.3 Å². The van der Waals surface area contributed by atoms with Crippen molar-refractivity contribution in [2.75, 3.05) is 6.54 Å². The number of benzene rings is 3. The molecule has 0 saturated heterocycles. The Morgan fingerprint density at radius 3 is 1.83 bits per heavy atom. The minimum absolute atomic E-state index is 0.0254. The maximum Gasteiger partial charge on any atom is 0.356 e. The fraction of sp³-hybridized carbons (Fsp3) is 0.312. The van der Waals surface area contributed by atoms with E-state index in [2.05, 4.69) is 17.6 Å². The molecule has 0 heterocycles. The molecule has 0 fully saturated rings. The summed E-state index contributed by atoms with van der Waals surface area (Å²) in [5.41, 5.74) is 2.46. The summed E-state index contributed by atoms with van der Waals surface area (Å²) in [7, 11) is 0. The lowest BCUT2D eigenvalue weighted by Gasteiger charge is -2.27. The number of nitrogens with one attached hydrogen (secondary N) is 2. The molecule has 3 aromatic rings. The second-order valence-corrected chi connectivity index (χ2v) is 9.83. The summed E-state index contributed by atoms with van der Waals surface area (Å²) in [6.07, 6.45) is 0.761. The van der Waals surface area contributed by atoms with Gasteiger partial charge in [-0.25, -0.2) is 14.4 Å². The maximum atomic E-state index is 13.7. The molecule has 3 rings (SSSR count). The first kappa shape index (κ1) is 31.7. The number of amides is 3. The molecule has 10 heteroatoms. The number of rotatable bonds is 16. The Morgan fingerprint density at radius 2 is 1.33 bits per heavy atom. The van der Waals surface area contributed by atoms with Crippen LogP contribution in [0.15, 0.2) is 84.9 Å². The lowest BCUT2D eigenvalue weighted by atomic mass is 10.0. The van der Waals surface area contributed by atoms with Gasteiger partial charge < -0.3 is 30.5 Å². The highest BCUT2D eigenvalue weighted by atomic mass is 16.5. The Bertz CT molecular complexity index is 1250. The van der Waals surface area contributed by atoms with Crippen LogP contribution < -0.4 is 15.4 Å². The zero-order chi connectivity index (χ0) is 30.3. The van der Waals surface area contributed by atoms with Gasteiger partial charge in [-0.15, -0.1) is 0 Å². The summed E-state index contributed by atoms with van der Waals surface area (Å²) in [5, 5.41) is 24.1. The smallest absolute Gasteiger partial charge is 0.356 e. The number of hydrogen-bond acceptors (Lipinski definition) is 5. The van der Waals surface area contributed by atoms with E-state index in [0.717, 1.165) is 30.4 Å². The zero-order valence-corrected chi connectivity index (χ0v) is 23.6. The topological polar surface area (TPSA) is 145 Å². The molecular formula is C32H37N3O7. The van der Waals surface area contributed by atoms with Crippen LogP contribution in [-0.2, 0) is 27.5 Å². The Hall–Kier alpha value is -4.86.